The molecule has 1 fully saturated rings. The molecule has 1 unspecified atom stereocenters. The van der Waals surface area contributed by atoms with E-state index in [9.17, 15) is 4.79 Å². The molecule has 1 heterocycles. The number of carbonyl (C=O) groups excluding carboxylic acids is 1. The topological polar surface area (TPSA) is 32.3 Å². The van der Waals surface area contributed by atoms with Crippen LogP contribution < -0.4 is 5.32 Å². The van der Waals surface area contributed by atoms with E-state index in [1.54, 1.807) is 11.9 Å². The first-order chi connectivity index (χ1) is 9.59. The van der Waals surface area contributed by atoms with Gasteiger partial charge in [-0.25, -0.2) is 4.31 Å². The minimum atomic E-state index is -0.0313. The number of benzene rings is 1. The van der Waals surface area contributed by atoms with Crippen LogP contribution in [0.5, 0.6) is 0 Å². The molecule has 0 spiro atoms. The van der Waals surface area contributed by atoms with Crippen molar-refractivity contribution >= 4 is 29.5 Å². The van der Waals surface area contributed by atoms with Gasteiger partial charge < -0.3 is 5.32 Å². The van der Waals surface area contributed by atoms with Crippen LogP contribution >= 0.6 is 23.5 Å². The lowest BCUT2D eigenvalue weighted by Crippen LogP contribution is -2.48. The van der Waals surface area contributed by atoms with Gasteiger partial charge in [-0.3, -0.25) is 4.79 Å². The van der Waals surface area contributed by atoms with Crippen LogP contribution in [0.4, 0.5) is 0 Å². The van der Waals surface area contributed by atoms with Gasteiger partial charge in [0.1, 0.15) is 0 Å². The van der Waals surface area contributed by atoms with Crippen molar-refractivity contribution in [1.29, 1.82) is 0 Å². The average Bonchev–Trinajstić information content (AvgIpc) is 2.46. The van der Waals surface area contributed by atoms with E-state index in [-0.39, 0.29) is 11.9 Å². The molecular weight excluding hydrogens is 292 g/mol. The summed E-state index contributed by atoms with van der Waals surface area (Å²) in [7, 11) is 0. The van der Waals surface area contributed by atoms with Crippen LogP contribution in [0.1, 0.15) is 32.3 Å². The molecule has 3 nitrogen and oxygen atoms in total. The third kappa shape index (κ3) is 3.90. The lowest BCUT2D eigenvalue weighted by atomic mass is 10.1. The zero-order chi connectivity index (χ0) is 14.5. The van der Waals surface area contributed by atoms with Crippen LogP contribution in [0, 0.1) is 0 Å². The fourth-order valence-electron chi connectivity index (χ4n) is 2.36. The summed E-state index contributed by atoms with van der Waals surface area (Å²) >= 11 is 7.89. The van der Waals surface area contributed by atoms with Crippen molar-refractivity contribution in [2.75, 3.05) is 5.75 Å². The van der Waals surface area contributed by atoms with Crippen molar-refractivity contribution in [1.82, 2.24) is 9.62 Å². The second-order valence-electron chi connectivity index (χ2n) is 5.25. The SMILES string of the molecule is CC(C)N1SCCCC1C(=O)NCc1ccccc1Cl. The standard InChI is InChI=1S/C15H21ClN2OS/c1-11(2)18-14(8-5-9-20-18)15(19)17-10-12-6-3-4-7-13(12)16/h3-4,6-7,11,14H,5,8-10H2,1-2H3,(H,17,19). The Morgan fingerprint density at radius 3 is 2.95 bits per heavy atom. The zero-order valence-electron chi connectivity index (χ0n) is 11.9. The zero-order valence-corrected chi connectivity index (χ0v) is 13.5. The highest BCUT2D eigenvalue weighted by atomic mass is 35.5. The maximum Gasteiger partial charge on any atom is 0.238 e. The van der Waals surface area contributed by atoms with Gasteiger partial charge in [0, 0.05) is 23.4 Å². The highest BCUT2D eigenvalue weighted by Gasteiger charge is 2.30. The van der Waals surface area contributed by atoms with Crippen LogP contribution in [-0.2, 0) is 11.3 Å². The third-order valence-corrected chi connectivity index (χ3v) is 5.21. The average molecular weight is 313 g/mol. The molecule has 1 aromatic carbocycles. The summed E-state index contributed by atoms with van der Waals surface area (Å²) in [5.74, 6) is 1.21. The minimum absolute atomic E-state index is 0.0313. The summed E-state index contributed by atoms with van der Waals surface area (Å²) in [5.41, 5.74) is 0.960. The van der Waals surface area contributed by atoms with E-state index in [2.05, 4.69) is 23.5 Å². The summed E-state index contributed by atoms with van der Waals surface area (Å²) in [6.45, 7) is 4.75. The molecule has 2 rings (SSSR count). The summed E-state index contributed by atoms with van der Waals surface area (Å²) in [6, 6.07) is 7.96. The molecule has 1 aliphatic rings. The molecule has 0 saturated carbocycles. The van der Waals surface area contributed by atoms with Gasteiger partial charge in [-0.05, 0) is 38.3 Å². The van der Waals surface area contributed by atoms with Crippen molar-refractivity contribution in [3.8, 4) is 0 Å². The second-order valence-corrected chi connectivity index (χ2v) is 6.75. The second kappa shape index (κ2) is 7.34. The van der Waals surface area contributed by atoms with Gasteiger partial charge in [0.15, 0.2) is 0 Å². The van der Waals surface area contributed by atoms with Crippen molar-refractivity contribution in [2.24, 2.45) is 0 Å². The number of halogens is 1. The van der Waals surface area contributed by atoms with Crippen LogP contribution in [-0.4, -0.2) is 28.0 Å². The normalized spacial score (nSPS) is 20.1. The van der Waals surface area contributed by atoms with Gasteiger partial charge >= 0.3 is 0 Å². The van der Waals surface area contributed by atoms with Gasteiger partial charge in [0.25, 0.3) is 0 Å². The molecular formula is C15H21ClN2OS. The molecule has 1 aliphatic heterocycles. The smallest absolute Gasteiger partial charge is 0.238 e. The first kappa shape index (κ1) is 15.7. The maximum atomic E-state index is 12.4. The van der Waals surface area contributed by atoms with Gasteiger partial charge in [0.2, 0.25) is 5.91 Å². The van der Waals surface area contributed by atoms with Crippen LogP contribution in [0.2, 0.25) is 5.02 Å². The largest absolute Gasteiger partial charge is 0.351 e. The summed E-state index contributed by atoms with van der Waals surface area (Å²) in [5, 5.41) is 3.72. The predicted octanol–water partition coefficient (Wildman–Crippen LogP) is 3.48. The van der Waals surface area contributed by atoms with E-state index >= 15 is 0 Å². The molecule has 1 atom stereocenters. The number of hydrogen-bond donors (Lipinski definition) is 1. The van der Waals surface area contributed by atoms with Gasteiger partial charge in [-0.15, -0.1) is 0 Å². The highest BCUT2D eigenvalue weighted by Crippen LogP contribution is 2.28. The van der Waals surface area contributed by atoms with Crippen molar-refractivity contribution in [2.45, 2.75) is 45.3 Å². The molecule has 5 heteroatoms. The molecule has 0 radical (unpaired) electrons. The fourth-order valence-corrected chi connectivity index (χ4v) is 3.75. The van der Waals surface area contributed by atoms with E-state index in [4.69, 9.17) is 11.6 Å². The quantitative estimate of drug-likeness (QED) is 0.864. The monoisotopic (exact) mass is 312 g/mol. The minimum Gasteiger partial charge on any atom is -0.351 e. The highest BCUT2D eigenvalue weighted by molar-refractivity contribution is 7.97. The molecule has 110 valence electrons. The van der Waals surface area contributed by atoms with Crippen molar-refractivity contribution < 1.29 is 4.79 Å². The Hall–Kier alpha value is -0.710. The Morgan fingerprint density at radius 2 is 2.25 bits per heavy atom. The number of amides is 1. The first-order valence-electron chi connectivity index (χ1n) is 7.02. The first-order valence-corrected chi connectivity index (χ1v) is 8.34. The molecule has 1 amide bonds. The lowest BCUT2D eigenvalue weighted by molar-refractivity contribution is -0.125. The molecule has 0 aromatic heterocycles. The number of nitrogens with zero attached hydrogens (tertiary/aromatic N) is 1. The fraction of sp³-hybridized carbons (Fsp3) is 0.533. The number of hydrogen-bond acceptors (Lipinski definition) is 3. The number of nitrogens with one attached hydrogen (secondary N) is 1. The van der Waals surface area contributed by atoms with Gasteiger partial charge in [-0.2, -0.15) is 0 Å². The van der Waals surface area contributed by atoms with Crippen molar-refractivity contribution in [3.05, 3.63) is 34.9 Å². The van der Waals surface area contributed by atoms with Gasteiger partial charge in [-0.1, -0.05) is 41.7 Å². The Labute approximate surface area is 130 Å². The maximum absolute atomic E-state index is 12.4. The van der Waals surface area contributed by atoms with E-state index in [1.807, 2.05) is 24.3 Å². The van der Waals surface area contributed by atoms with E-state index in [0.717, 1.165) is 24.2 Å². The van der Waals surface area contributed by atoms with Crippen LogP contribution in [0.3, 0.4) is 0 Å². The Morgan fingerprint density at radius 1 is 1.50 bits per heavy atom. The number of carbonyl (C=O) groups is 1. The number of rotatable bonds is 4. The van der Waals surface area contributed by atoms with E-state index in [1.165, 1.54) is 0 Å². The molecule has 1 aromatic rings. The van der Waals surface area contributed by atoms with E-state index in [0.29, 0.717) is 17.6 Å². The van der Waals surface area contributed by atoms with Crippen LogP contribution in [0.15, 0.2) is 24.3 Å². The molecule has 20 heavy (non-hydrogen) atoms. The van der Waals surface area contributed by atoms with Gasteiger partial charge in [0.05, 0.1) is 6.04 Å². The molecule has 1 saturated heterocycles. The van der Waals surface area contributed by atoms with Crippen LogP contribution in [0.25, 0.3) is 0 Å². The molecule has 0 aliphatic carbocycles. The van der Waals surface area contributed by atoms with E-state index < -0.39 is 0 Å². The Balaban J connectivity index is 1.95. The van der Waals surface area contributed by atoms with Crippen molar-refractivity contribution in [3.63, 3.8) is 0 Å². The third-order valence-electron chi connectivity index (χ3n) is 3.39. The Kier molecular flexibility index (Phi) is 5.75. The lowest BCUT2D eigenvalue weighted by Gasteiger charge is -2.36. The summed E-state index contributed by atoms with van der Waals surface area (Å²) in [6.07, 6.45) is 2.03. The predicted molar refractivity (Wildman–Crippen MR) is 85.8 cm³/mol. The summed E-state index contributed by atoms with van der Waals surface area (Å²) in [4.78, 5) is 12.4. The molecule has 0 bridgehead atoms. The summed E-state index contributed by atoms with van der Waals surface area (Å²) < 4.78 is 2.21. The Bertz CT molecular complexity index is 467. The molecule has 1 N–H and O–H groups in total.